The van der Waals surface area contributed by atoms with Gasteiger partial charge in [0.25, 0.3) is 0 Å². The third kappa shape index (κ3) is 3.08. The van der Waals surface area contributed by atoms with E-state index in [4.69, 9.17) is 16.3 Å². The summed E-state index contributed by atoms with van der Waals surface area (Å²) in [7, 11) is 0. The second kappa shape index (κ2) is 6.20. The molecular formula is C15H17ClN2O2. The van der Waals surface area contributed by atoms with Crippen molar-refractivity contribution in [2.45, 2.75) is 33.3 Å². The molecule has 20 heavy (non-hydrogen) atoms. The van der Waals surface area contributed by atoms with Gasteiger partial charge < -0.3 is 9.84 Å². The lowest BCUT2D eigenvalue weighted by atomic mass is 10.2. The van der Waals surface area contributed by atoms with Gasteiger partial charge in [-0.15, -0.1) is 0 Å². The fourth-order valence-electron chi connectivity index (χ4n) is 1.68. The Kier molecular flexibility index (Phi) is 4.57. The molecule has 1 heterocycles. The lowest BCUT2D eigenvalue weighted by molar-refractivity contribution is 0.276. The molecule has 0 aliphatic heterocycles. The second-order valence-corrected chi connectivity index (χ2v) is 5.18. The molecule has 0 unspecified atom stereocenters. The van der Waals surface area contributed by atoms with Crippen molar-refractivity contribution in [3.63, 3.8) is 0 Å². The van der Waals surface area contributed by atoms with Crippen LogP contribution in [0.25, 0.3) is 0 Å². The van der Waals surface area contributed by atoms with Crippen LogP contribution in [0.1, 0.15) is 36.7 Å². The maximum atomic E-state index is 9.32. The summed E-state index contributed by atoms with van der Waals surface area (Å²) in [5.41, 5.74) is 1.39. The maximum absolute atomic E-state index is 9.32. The monoisotopic (exact) mass is 292 g/mol. The Hall–Kier alpha value is -1.65. The number of rotatable bonds is 4. The molecule has 2 aromatic rings. The summed E-state index contributed by atoms with van der Waals surface area (Å²) in [6.07, 6.45) is 0. The smallest absolute Gasteiger partial charge is 0.227 e. The zero-order valence-electron chi connectivity index (χ0n) is 11.7. The standard InChI is InChI=1S/C15H17ClN2O2/c1-9(2)14-17-13(16)10(3)15(18-14)20-12-7-5-4-6-11(12)8-19/h4-7,9,19H,8H2,1-3H3. The number of para-hydroxylation sites is 1. The molecule has 0 bridgehead atoms. The van der Waals surface area contributed by atoms with Crippen LogP contribution in [0.2, 0.25) is 5.15 Å². The fraction of sp³-hybridized carbons (Fsp3) is 0.333. The third-order valence-electron chi connectivity index (χ3n) is 2.93. The summed E-state index contributed by atoms with van der Waals surface area (Å²) in [4.78, 5) is 8.65. The van der Waals surface area contributed by atoms with Crippen LogP contribution in [0.15, 0.2) is 24.3 Å². The Labute approximate surface area is 123 Å². The predicted octanol–water partition coefficient (Wildman–Crippen LogP) is 3.85. The molecule has 2 rings (SSSR count). The van der Waals surface area contributed by atoms with E-state index in [1.54, 1.807) is 12.1 Å². The Balaban J connectivity index is 2.42. The molecule has 0 aliphatic carbocycles. The van der Waals surface area contributed by atoms with Crippen molar-refractivity contribution < 1.29 is 9.84 Å². The number of hydrogen-bond acceptors (Lipinski definition) is 4. The molecule has 0 amide bonds. The van der Waals surface area contributed by atoms with E-state index in [0.717, 1.165) is 0 Å². The van der Waals surface area contributed by atoms with Gasteiger partial charge in [0.05, 0.1) is 6.61 Å². The van der Waals surface area contributed by atoms with Crippen LogP contribution in [0, 0.1) is 6.92 Å². The van der Waals surface area contributed by atoms with Gasteiger partial charge >= 0.3 is 0 Å². The van der Waals surface area contributed by atoms with E-state index in [1.165, 1.54) is 0 Å². The Morgan fingerprint density at radius 2 is 1.95 bits per heavy atom. The summed E-state index contributed by atoms with van der Waals surface area (Å²) in [6, 6.07) is 7.28. The first-order chi connectivity index (χ1) is 9.52. The zero-order valence-corrected chi connectivity index (χ0v) is 12.5. The van der Waals surface area contributed by atoms with Crippen LogP contribution in [0.3, 0.4) is 0 Å². The highest BCUT2D eigenvalue weighted by atomic mass is 35.5. The van der Waals surface area contributed by atoms with Gasteiger partial charge in [-0.25, -0.2) is 4.98 Å². The number of aliphatic hydroxyl groups is 1. The maximum Gasteiger partial charge on any atom is 0.227 e. The van der Waals surface area contributed by atoms with Crippen LogP contribution in [-0.4, -0.2) is 15.1 Å². The van der Waals surface area contributed by atoms with Crippen molar-refractivity contribution >= 4 is 11.6 Å². The van der Waals surface area contributed by atoms with Gasteiger partial charge in [-0.2, -0.15) is 4.98 Å². The van der Waals surface area contributed by atoms with E-state index < -0.39 is 0 Å². The van der Waals surface area contributed by atoms with E-state index >= 15 is 0 Å². The van der Waals surface area contributed by atoms with Crippen LogP contribution in [0.4, 0.5) is 0 Å². The molecule has 0 fully saturated rings. The van der Waals surface area contributed by atoms with Crippen molar-refractivity contribution in [2.75, 3.05) is 0 Å². The van der Waals surface area contributed by atoms with Crippen LogP contribution in [0.5, 0.6) is 11.6 Å². The fourth-order valence-corrected chi connectivity index (χ4v) is 1.85. The number of benzene rings is 1. The lowest BCUT2D eigenvalue weighted by Gasteiger charge is -2.13. The van der Waals surface area contributed by atoms with Gasteiger partial charge in [-0.05, 0) is 13.0 Å². The van der Waals surface area contributed by atoms with Gasteiger partial charge in [0.15, 0.2) is 0 Å². The Morgan fingerprint density at radius 3 is 2.60 bits per heavy atom. The average molecular weight is 293 g/mol. The van der Waals surface area contributed by atoms with Crippen LogP contribution in [-0.2, 0) is 6.61 Å². The lowest BCUT2D eigenvalue weighted by Crippen LogP contribution is -2.03. The van der Waals surface area contributed by atoms with Gasteiger partial charge in [-0.3, -0.25) is 0 Å². The first-order valence-corrected chi connectivity index (χ1v) is 6.81. The highest BCUT2D eigenvalue weighted by Gasteiger charge is 2.14. The van der Waals surface area contributed by atoms with Crippen molar-refractivity contribution in [3.05, 3.63) is 46.4 Å². The number of aliphatic hydroxyl groups excluding tert-OH is 1. The molecule has 0 radical (unpaired) electrons. The van der Waals surface area contributed by atoms with Gasteiger partial charge in [0, 0.05) is 17.0 Å². The number of hydrogen-bond donors (Lipinski definition) is 1. The van der Waals surface area contributed by atoms with Gasteiger partial charge in [0.2, 0.25) is 5.88 Å². The van der Waals surface area contributed by atoms with Crippen molar-refractivity contribution in [3.8, 4) is 11.6 Å². The SMILES string of the molecule is Cc1c(Cl)nc(C(C)C)nc1Oc1ccccc1CO. The number of nitrogens with zero attached hydrogens (tertiary/aromatic N) is 2. The Bertz CT molecular complexity index is 615. The van der Waals surface area contributed by atoms with E-state index in [1.807, 2.05) is 32.9 Å². The molecule has 0 atom stereocenters. The molecule has 1 aromatic carbocycles. The van der Waals surface area contributed by atoms with Crippen LogP contribution >= 0.6 is 11.6 Å². The summed E-state index contributed by atoms with van der Waals surface area (Å²) >= 11 is 6.12. The molecular weight excluding hydrogens is 276 g/mol. The third-order valence-corrected chi connectivity index (χ3v) is 3.29. The van der Waals surface area contributed by atoms with E-state index in [9.17, 15) is 5.11 Å². The minimum absolute atomic E-state index is 0.0922. The van der Waals surface area contributed by atoms with E-state index in [0.29, 0.717) is 33.7 Å². The quantitative estimate of drug-likeness (QED) is 0.870. The van der Waals surface area contributed by atoms with E-state index in [2.05, 4.69) is 9.97 Å². The average Bonchev–Trinajstić information content (AvgIpc) is 2.44. The highest BCUT2D eigenvalue weighted by Crippen LogP contribution is 2.30. The second-order valence-electron chi connectivity index (χ2n) is 4.83. The van der Waals surface area contributed by atoms with Crippen molar-refractivity contribution in [1.82, 2.24) is 9.97 Å². The van der Waals surface area contributed by atoms with Crippen molar-refractivity contribution in [2.24, 2.45) is 0 Å². The highest BCUT2D eigenvalue weighted by molar-refractivity contribution is 6.30. The molecule has 0 saturated carbocycles. The first-order valence-electron chi connectivity index (χ1n) is 6.43. The van der Waals surface area contributed by atoms with E-state index in [-0.39, 0.29) is 12.5 Å². The number of halogens is 1. The molecule has 1 N–H and O–H groups in total. The van der Waals surface area contributed by atoms with Gasteiger partial charge in [0.1, 0.15) is 16.7 Å². The molecule has 1 aromatic heterocycles. The number of ether oxygens (including phenoxy) is 1. The Morgan fingerprint density at radius 1 is 1.25 bits per heavy atom. The largest absolute Gasteiger partial charge is 0.438 e. The minimum Gasteiger partial charge on any atom is -0.438 e. The molecule has 5 heteroatoms. The van der Waals surface area contributed by atoms with Crippen LogP contribution < -0.4 is 4.74 Å². The summed E-state index contributed by atoms with van der Waals surface area (Å²) in [5, 5.41) is 9.71. The predicted molar refractivity (Wildman–Crippen MR) is 78.3 cm³/mol. The summed E-state index contributed by atoms with van der Waals surface area (Å²) in [6.45, 7) is 5.70. The minimum atomic E-state index is -0.0922. The first kappa shape index (κ1) is 14.8. The zero-order chi connectivity index (χ0) is 14.7. The molecule has 0 aliphatic rings. The van der Waals surface area contributed by atoms with Gasteiger partial charge in [-0.1, -0.05) is 43.6 Å². The van der Waals surface area contributed by atoms with Crippen molar-refractivity contribution in [1.29, 1.82) is 0 Å². The molecule has 4 nitrogen and oxygen atoms in total. The summed E-state index contributed by atoms with van der Waals surface area (Å²) in [5.74, 6) is 1.79. The normalized spacial score (nSPS) is 10.9. The summed E-state index contributed by atoms with van der Waals surface area (Å²) < 4.78 is 5.81. The molecule has 0 spiro atoms. The number of aromatic nitrogens is 2. The molecule has 0 saturated heterocycles. The molecule has 106 valence electrons. The topological polar surface area (TPSA) is 55.2 Å².